The van der Waals surface area contributed by atoms with Gasteiger partial charge in [0.1, 0.15) is 0 Å². The Morgan fingerprint density at radius 2 is 1.84 bits per heavy atom. The fraction of sp³-hybridized carbons (Fsp3) is 0.526. The average Bonchev–Trinajstić information content (AvgIpc) is 3.14. The van der Waals surface area contributed by atoms with Gasteiger partial charge in [-0.2, -0.15) is 11.8 Å². The van der Waals surface area contributed by atoms with Crippen LogP contribution in [0.2, 0.25) is 0 Å². The molecule has 0 aromatic heterocycles. The summed E-state index contributed by atoms with van der Waals surface area (Å²) in [5.74, 6) is 3.39. The van der Waals surface area contributed by atoms with E-state index in [-0.39, 0.29) is 24.0 Å². The van der Waals surface area contributed by atoms with Gasteiger partial charge >= 0.3 is 0 Å². The lowest BCUT2D eigenvalue weighted by atomic mass is 10.2. The number of aliphatic imine (C=N–C) groups is 1. The second-order valence-corrected chi connectivity index (χ2v) is 7.47. The standard InChI is InChI=1S/C19H28N4S.HI/c1-2-20-19(22-17-5-3-4-6-17)21-15-16-7-9-18(10-8-16)23-11-13-24-14-12-23;/h3-4,7-10,17H,2,5-6,11-15H2,1H3,(H2,20,21,22);1H. The summed E-state index contributed by atoms with van der Waals surface area (Å²) in [5, 5.41) is 6.86. The van der Waals surface area contributed by atoms with Crippen LogP contribution in [0.4, 0.5) is 5.69 Å². The van der Waals surface area contributed by atoms with Crippen molar-refractivity contribution in [2.75, 3.05) is 36.0 Å². The maximum atomic E-state index is 4.74. The Hall–Kier alpha value is -0.890. The van der Waals surface area contributed by atoms with Crippen LogP contribution in [0.5, 0.6) is 0 Å². The highest BCUT2D eigenvalue weighted by molar-refractivity contribution is 14.0. The molecule has 1 heterocycles. The molecule has 0 atom stereocenters. The number of thioether (sulfide) groups is 1. The SMILES string of the molecule is CCNC(=NCc1ccc(N2CCSCC2)cc1)NC1CC=CC1.I. The third-order valence-corrected chi connectivity index (χ3v) is 5.37. The van der Waals surface area contributed by atoms with Gasteiger partial charge in [-0.3, -0.25) is 0 Å². The lowest BCUT2D eigenvalue weighted by Crippen LogP contribution is -2.42. The van der Waals surface area contributed by atoms with Gasteiger partial charge in [0.2, 0.25) is 0 Å². The fourth-order valence-electron chi connectivity index (χ4n) is 3.05. The van der Waals surface area contributed by atoms with Crippen molar-refractivity contribution in [3.8, 4) is 0 Å². The molecule has 1 fully saturated rings. The molecule has 1 saturated heterocycles. The van der Waals surface area contributed by atoms with E-state index in [1.165, 1.54) is 22.8 Å². The van der Waals surface area contributed by atoms with E-state index < -0.39 is 0 Å². The van der Waals surface area contributed by atoms with Crippen LogP contribution in [0.1, 0.15) is 25.3 Å². The molecule has 1 aliphatic heterocycles. The normalized spacial score (nSPS) is 18.1. The minimum absolute atomic E-state index is 0. The number of hydrogen-bond donors (Lipinski definition) is 2. The first-order valence-electron chi connectivity index (χ1n) is 8.96. The van der Waals surface area contributed by atoms with Crippen LogP contribution < -0.4 is 15.5 Å². The van der Waals surface area contributed by atoms with Crippen LogP contribution in [0.3, 0.4) is 0 Å². The van der Waals surface area contributed by atoms with E-state index in [9.17, 15) is 0 Å². The zero-order valence-corrected chi connectivity index (χ0v) is 18.1. The quantitative estimate of drug-likeness (QED) is 0.297. The first kappa shape index (κ1) is 20.4. The summed E-state index contributed by atoms with van der Waals surface area (Å²) in [6.07, 6.45) is 6.65. The summed E-state index contributed by atoms with van der Waals surface area (Å²) in [6.45, 7) is 6.03. The van der Waals surface area contributed by atoms with Crippen molar-refractivity contribution in [3.63, 3.8) is 0 Å². The van der Waals surface area contributed by atoms with Gasteiger partial charge in [-0.05, 0) is 37.5 Å². The first-order valence-corrected chi connectivity index (χ1v) is 10.1. The van der Waals surface area contributed by atoms with E-state index in [4.69, 9.17) is 4.99 Å². The minimum atomic E-state index is 0. The Morgan fingerprint density at radius 1 is 1.16 bits per heavy atom. The number of nitrogens with zero attached hydrogens (tertiary/aromatic N) is 2. The maximum Gasteiger partial charge on any atom is 0.191 e. The minimum Gasteiger partial charge on any atom is -0.370 e. The van der Waals surface area contributed by atoms with E-state index in [0.717, 1.165) is 38.4 Å². The van der Waals surface area contributed by atoms with Gasteiger partial charge in [-0.25, -0.2) is 4.99 Å². The molecule has 2 N–H and O–H groups in total. The lowest BCUT2D eigenvalue weighted by molar-refractivity contribution is 0.633. The van der Waals surface area contributed by atoms with Crippen LogP contribution >= 0.6 is 35.7 Å². The van der Waals surface area contributed by atoms with Crippen molar-refractivity contribution in [3.05, 3.63) is 42.0 Å². The molecule has 1 aromatic rings. The number of guanidine groups is 1. The topological polar surface area (TPSA) is 39.7 Å². The average molecular weight is 472 g/mol. The van der Waals surface area contributed by atoms with Crippen LogP contribution in [0, 0.1) is 0 Å². The zero-order valence-electron chi connectivity index (χ0n) is 14.9. The largest absolute Gasteiger partial charge is 0.370 e. The molecule has 4 nitrogen and oxygen atoms in total. The van der Waals surface area contributed by atoms with Gasteiger partial charge in [-0.15, -0.1) is 24.0 Å². The molecule has 1 aliphatic carbocycles. The Morgan fingerprint density at radius 3 is 2.48 bits per heavy atom. The number of rotatable bonds is 5. The molecule has 138 valence electrons. The third kappa shape index (κ3) is 6.40. The van der Waals surface area contributed by atoms with Crippen LogP contribution in [0.15, 0.2) is 41.4 Å². The van der Waals surface area contributed by atoms with Crippen LogP contribution in [-0.4, -0.2) is 43.1 Å². The zero-order chi connectivity index (χ0) is 16.6. The number of hydrogen-bond acceptors (Lipinski definition) is 3. The van der Waals surface area contributed by atoms with E-state index >= 15 is 0 Å². The summed E-state index contributed by atoms with van der Waals surface area (Å²) in [4.78, 5) is 7.21. The van der Waals surface area contributed by atoms with Crippen molar-refractivity contribution >= 4 is 47.4 Å². The molecule has 3 rings (SSSR count). The fourth-order valence-corrected chi connectivity index (χ4v) is 3.96. The van der Waals surface area contributed by atoms with Crippen LogP contribution in [-0.2, 0) is 6.54 Å². The van der Waals surface area contributed by atoms with Gasteiger partial charge in [0, 0.05) is 42.9 Å². The highest BCUT2D eigenvalue weighted by Gasteiger charge is 2.12. The smallest absolute Gasteiger partial charge is 0.191 e. The van der Waals surface area contributed by atoms with Gasteiger partial charge in [0.25, 0.3) is 0 Å². The van der Waals surface area contributed by atoms with E-state index in [0.29, 0.717) is 12.6 Å². The van der Waals surface area contributed by atoms with E-state index in [2.05, 4.69) is 58.9 Å². The second kappa shape index (κ2) is 11.0. The molecular formula is C19H29IN4S. The molecule has 0 amide bonds. The maximum absolute atomic E-state index is 4.74. The highest BCUT2D eigenvalue weighted by atomic mass is 127. The number of nitrogens with one attached hydrogen (secondary N) is 2. The monoisotopic (exact) mass is 472 g/mol. The number of halogens is 1. The van der Waals surface area contributed by atoms with Gasteiger partial charge in [0.05, 0.1) is 6.54 Å². The first-order chi connectivity index (χ1) is 11.8. The van der Waals surface area contributed by atoms with E-state index in [1.807, 2.05) is 11.8 Å². The molecule has 0 spiro atoms. The van der Waals surface area contributed by atoms with Crippen molar-refractivity contribution in [2.24, 2.45) is 4.99 Å². The highest BCUT2D eigenvalue weighted by Crippen LogP contribution is 2.20. The van der Waals surface area contributed by atoms with Gasteiger partial charge in [-0.1, -0.05) is 24.3 Å². The summed E-state index contributed by atoms with van der Waals surface area (Å²) in [7, 11) is 0. The van der Waals surface area contributed by atoms with Crippen molar-refractivity contribution in [1.29, 1.82) is 0 Å². The molecule has 0 bridgehead atoms. The number of benzene rings is 1. The summed E-state index contributed by atoms with van der Waals surface area (Å²) < 4.78 is 0. The summed E-state index contributed by atoms with van der Waals surface area (Å²) >= 11 is 2.05. The lowest BCUT2D eigenvalue weighted by Gasteiger charge is -2.28. The summed E-state index contributed by atoms with van der Waals surface area (Å²) in [6, 6.07) is 9.38. The second-order valence-electron chi connectivity index (χ2n) is 6.25. The van der Waals surface area contributed by atoms with Gasteiger partial charge in [0.15, 0.2) is 5.96 Å². The van der Waals surface area contributed by atoms with Crippen LogP contribution in [0.25, 0.3) is 0 Å². The predicted octanol–water partition coefficient (Wildman–Crippen LogP) is 3.63. The Balaban J connectivity index is 0.00000225. The number of anilines is 1. The summed E-state index contributed by atoms with van der Waals surface area (Å²) in [5.41, 5.74) is 2.59. The Bertz CT molecular complexity index is 559. The van der Waals surface area contributed by atoms with E-state index in [1.54, 1.807) is 0 Å². The predicted molar refractivity (Wildman–Crippen MR) is 122 cm³/mol. The van der Waals surface area contributed by atoms with Crippen molar-refractivity contribution in [2.45, 2.75) is 32.4 Å². The molecule has 2 aliphatic rings. The Kier molecular flexibility index (Phi) is 8.95. The molecule has 1 aromatic carbocycles. The van der Waals surface area contributed by atoms with Crippen molar-refractivity contribution < 1.29 is 0 Å². The van der Waals surface area contributed by atoms with Crippen molar-refractivity contribution in [1.82, 2.24) is 10.6 Å². The third-order valence-electron chi connectivity index (χ3n) is 4.43. The molecule has 0 unspecified atom stereocenters. The molecule has 25 heavy (non-hydrogen) atoms. The molecule has 0 radical (unpaired) electrons. The van der Waals surface area contributed by atoms with Gasteiger partial charge < -0.3 is 15.5 Å². The molecule has 0 saturated carbocycles. The Labute approximate surface area is 172 Å². The molecule has 6 heteroatoms. The molecular weight excluding hydrogens is 443 g/mol.